The summed E-state index contributed by atoms with van der Waals surface area (Å²) in [5.41, 5.74) is 1.91. The van der Waals surface area contributed by atoms with Gasteiger partial charge in [-0.15, -0.1) is 0 Å². The minimum absolute atomic E-state index is 0.0305. The minimum Gasteiger partial charge on any atom is -0.486 e. The number of aromatic nitrogens is 2. The molecular formula is C19H16FN3O2. The van der Waals surface area contributed by atoms with Crippen LogP contribution in [0.15, 0.2) is 61.3 Å². The quantitative estimate of drug-likeness (QED) is 0.701. The number of carbonyl (C=O) groups is 1. The molecule has 0 aliphatic rings. The third-order valence-corrected chi connectivity index (χ3v) is 3.53. The van der Waals surface area contributed by atoms with E-state index in [0.29, 0.717) is 16.6 Å². The molecule has 0 radical (unpaired) electrons. The molecule has 0 spiro atoms. The fraction of sp³-hybridized carbons (Fsp3) is 0.105. The van der Waals surface area contributed by atoms with Gasteiger partial charge >= 0.3 is 0 Å². The van der Waals surface area contributed by atoms with Gasteiger partial charge in [0.25, 0.3) is 5.91 Å². The number of ether oxygens (including phenoxy) is 1. The molecular weight excluding hydrogens is 321 g/mol. The van der Waals surface area contributed by atoms with Crippen molar-refractivity contribution in [3.8, 4) is 5.75 Å². The predicted molar refractivity (Wildman–Crippen MR) is 92.8 cm³/mol. The average Bonchev–Trinajstić information content (AvgIpc) is 2.65. The lowest BCUT2D eigenvalue weighted by molar-refractivity contribution is 0.0946. The zero-order chi connectivity index (χ0) is 17.6. The third-order valence-electron chi connectivity index (χ3n) is 3.53. The first-order valence-electron chi connectivity index (χ1n) is 7.70. The SMILES string of the molecule is C=CCOc1cccc(CNC(=O)c2ccc3ncccc3n2)c1F. The lowest BCUT2D eigenvalue weighted by atomic mass is 10.2. The Balaban J connectivity index is 1.72. The van der Waals surface area contributed by atoms with Crippen molar-refractivity contribution >= 4 is 16.9 Å². The van der Waals surface area contributed by atoms with Gasteiger partial charge in [-0.3, -0.25) is 9.78 Å². The summed E-state index contributed by atoms with van der Waals surface area (Å²) in [6.07, 6.45) is 3.20. The molecule has 1 aromatic carbocycles. The number of hydrogen-bond donors (Lipinski definition) is 1. The van der Waals surface area contributed by atoms with Crippen LogP contribution in [0.4, 0.5) is 4.39 Å². The monoisotopic (exact) mass is 337 g/mol. The van der Waals surface area contributed by atoms with Gasteiger partial charge < -0.3 is 10.1 Å². The van der Waals surface area contributed by atoms with E-state index < -0.39 is 5.82 Å². The van der Waals surface area contributed by atoms with Crippen LogP contribution in [0.3, 0.4) is 0 Å². The molecule has 5 nitrogen and oxygen atoms in total. The van der Waals surface area contributed by atoms with Crippen LogP contribution >= 0.6 is 0 Å². The second-order valence-electron chi connectivity index (χ2n) is 5.25. The van der Waals surface area contributed by atoms with Crippen LogP contribution in [0, 0.1) is 5.82 Å². The molecule has 25 heavy (non-hydrogen) atoms. The second kappa shape index (κ2) is 7.53. The number of nitrogens with one attached hydrogen (secondary N) is 1. The summed E-state index contributed by atoms with van der Waals surface area (Å²) < 4.78 is 19.6. The van der Waals surface area contributed by atoms with Gasteiger partial charge in [-0.1, -0.05) is 24.8 Å². The van der Waals surface area contributed by atoms with Gasteiger partial charge in [-0.25, -0.2) is 9.37 Å². The van der Waals surface area contributed by atoms with Crippen LogP contribution < -0.4 is 10.1 Å². The van der Waals surface area contributed by atoms with E-state index in [1.165, 1.54) is 12.1 Å². The fourth-order valence-corrected chi connectivity index (χ4v) is 2.30. The Hall–Kier alpha value is -3.28. The van der Waals surface area contributed by atoms with E-state index in [1.807, 2.05) is 0 Å². The van der Waals surface area contributed by atoms with Gasteiger partial charge in [0.15, 0.2) is 11.6 Å². The number of halogens is 1. The first-order chi connectivity index (χ1) is 12.2. The summed E-state index contributed by atoms with van der Waals surface area (Å²) in [7, 11) is 0. The van der Waals surface area contributed by atoms with Crippen LogP contribution in [-0.2, 0) is 6.54 Å². The van der Waals surface area contributed by atoms with Crippen molar-refractivity contribution in [2.45, 2.75) is 6.54 Å². The largest absolute Gasteiger partial charge is 0.486 e. The second-order valence-corrected chi connectivity index (χ2v) is 5.25. The highest BCUT2D eigenvalue weighted by Crippen LogP contribution is 2.20. The van der Waals surface area contributed by atoms with E-state index in [2.05, 4.69) is 21.9 Å². The smallest absolute Gasteiger partial charge is 0.270 e. The number of pyridine rings is 2. The van der Waals surface area contributed by atoms with Crippen LogP contribution in [0.2, 0.25) is 0 Å². The Bertz CT molecular complexity index is 927. The third kappa shape index (κ3) is 3.80. The number of carbonyl (C=O) groups excluding carboxylic acids is 1. The van der Waals surface area contributed by atoms with E-state index >= 15 is 0 Å². The molecule has 0 aliphatic heterocycles. The molecule has 0 atom stereocenters. The van der Waals surface area contributed by atoms with E-state index in [0.717, 1.165) is 0 Å². The van der Waals surface area contributed by atoms with Crippen LogP contribution in [0.25, 0.3) is 11.0 Å². The summed E-state index contributed by atoms with van der Waals surface area (Å²) in [6, 6.07) is 11.6. The molecule has 3 aromatic rings. The van der Waals surface area contributed by atoms with Crippen molar-refractivity contribution in [1.29, 1.82) is 0 Å². The Morgan fingerprint density at radius 3 is 2.92 bits per heavy atom. The van der Waals surface area contributed by atoms with E-state index in [1.54, 1.807) is 42.6 Å². The van der Waals surface area contributed by atoms with Crippen LogP contribution in [0.5, 0.6) is 5.75 Å². The summed E-state index contributed by atoms with van der Waals surface area (Å²) in [6.45, 7) is 3.77. The Labute approximate surface area is 144 Å². The predicted octanol–water partition coefficient (Wildman–Crippen LogP) is 3.26. The maximum absolute atomic E-state index is 14.3. The zero-order valence-electron chi connectivity index (χ0n) is 13.4. The molecule has 126 valence electrons. The molecule has 1 amide bonds. The van der Waals surface area contributed by atoms with Gasteiger partial charge in [0.2, 0.25) is 0 Å². The van der Waals surface area contributed by atoms with Gasteiger partial charge in [0, 0.05) is 18.3 Å². The van der Waals surface area contributed by atoms with Gasteiger partial charge in [-0.2, -0.15) is 0 Å². The van der Waals surface area contributed by atoms with E-state index in [4.69, 9.17) is 4.74 Å². The topological polar surface area (TPSA) is 64.1 Å². The van der Waals surface area contributed by atoms with Crippen molar-refractivity contribution < 1.29 is 13.9 Å². The van der Waals surface area contributed by atoms with Crippen molar-refractivity contribution in [1.82, 2.24) is 15.3 Å². The number of hydrogen-bond acceptors (Lipinski definition) is 4. The highest BCUT2D eigenvalue weighted by Gasteiger charge is 2.12. The maximum atomic E-state index is 14.3. The van der Waals surface area contributed by atoms with E-state index in [-0.39, 0.29) is 30.5 Å². The Kier molecular flexibility index (Phi) is 4.99. The normalized spacial score (nSPS) is 10.4. The Morgan fingerprint density at radius 2 is 2.08 bits per heavy atom. The standard InChI is InChI=1S/C19H16FN3O2/c1-2-11-25-17-7-3-5-13(18(17)20)12-22-19(24)16-9-8-14-15(23-16)6-4-10-21-14/h2-10H,1,11-12H2,(H,22,24). The lowest BCUT2D eigenvalue weighted by Crippen LogP contribution is -2.24. The van der Waals surface area contributed by atoms with Crippen molar-refractivity contribution in [2.75, 3.05) is 6.61 Å². The average molecular weight is 337 g/mol. The van der Waals surface area contributed by atoms with Crippen molar-refractivity contribution in [3.05, 3.63) is 78.4 Å². The summed E-state index contributed by atoms with van der Waals surface area (Å²) in [5, 5.41) is 2.67. The molecule has 0 fully saturated rings. The molecule has 2 aromatic heterocycles. The number of nitrogens with zero attached hydrogens (tertiary/aromatic N) is 2. The van der Waals surface area contributed by atoms with Crippen molar-refractivity contribution in [3.63, 3.8) is 0 Å². The number of amides is 1. The Morgan fingerprint density at radius 1 is 1.20 bits per heavy atom. The number of fused-ring (bicyclic) bond motifs is 1. The molecule has 3 rings (SSSR count). The molecule has 2 heterocycles. The van der Waals surface area contributed by atoms with Crippen molar-refractivity contribution in [2.24, 2.45) is 0 Å². The summed E-state index contributed by atoms with van der Waals surface area (Å²) in [5.74, 6) is -0.760. The van der Waals surface area contributed by atoms with Gasteiger partial charge in [-0.05, 0) is 30.3 Å². The molecule has 0 saturated heterocycles. The number of benzene rings is 1. The molecule has 1 N–H and O–H groups in total. The van der Waals surface area contributed by atoms with E-state index in [9.17, 15) is 9.18 Å². The van der Waals surface area contributed by atoms with Crippen LogP contribution in [0.1, 0.15) is 16.1 Å². The minimum atomic E-state index is -0.500. The fourth-order valence-electron chi connectivity index (χ4n) is 2.30. The molecule has 6 heteroatoms. The zero-order valence-corrected chi connectivity index (χ0v) is 13.4. The molecule has 0 bridgehead atoms. The molecule has 0 unspecified atom stereocenters. The van der Waals surface area contributed by atoms with Crippen LogP contribution in [-0.4, -0.2) is 22.5 Å². The first kappa shape index (κ1) is 16.6. The summed E-state index contributed by atoms with van der Waals surface area (Å²) in [4.78, 5) is 20.7. The van der Waals surface area contributed by atoms with Gasteiger partial charge in [0.1, 0.15) is 12.3 Å². The highest BCUT2D eigenvalue weighted by molar-refractivity contribution is 5.94. The molecule has 0 aliphatic carbocycles. The summed E-state index contributed by atoms with van der Waals surface area (Å²) >= 11 is 0. The lowest BCUT2D eigenvalue weighted by Gasteiger charge is -2.10. The number of rotatable bonds is 6. The maximum Gasteiger partial charge on any atom is 0.270 e. The highest BCUT2D eigenvalue weighted by atomic mass is 19.1. The van der Waals surface area contributed by atoms with Gasteiger partial charge in [0.05, 0.1) is 11.0 Å². The molecule has 0 saturated carbocycles. The first-order valence-corrected chi connectivity index (χ1v) is 7.70.